The number of fused-ring (bicyclic) bond motifs is 1. The summed E-state index contributed by atoms with van der Waals surface area (Å²) < 4.78 is 10.5. The summed E-state index contributed by atoms with van der Waals surface area (Å²) in [6, 6.07) is 24.0. The van der Waals surface area contributed by atoms with E-state index in [9.17, 15) is 14.4 Å². The fraction of sp³-hybridized carbons (Fsp3) is 0.0417. The summed E-state index contributed by atoms with van der Waals surface area (Å²) in [7, 11) is 0. The van der Waals surface area contributed by atoms with Crippen molar-refractivity contribution in [1.82, 2.24) is 0 Å². The van der Waals surface area contributed by atoms with Crippen molar-refractivity contribution in [1.29, 1.82) is 0 Å². The van der Waals surface area contributed by atoms with Crippen molar-refractivity contribution in [3.05, 3.63) is 102 Å². The van der Waals surface area contributed by atoms with E-state index in [1.807, 2.05) is 18.2 Å². The zero-order chi connectivity index (χ0) is 20.9. The molecule has 0 bridgehead atoms. The molecule has 4 rings (SSSR count). The molecule has 1 aromatic heterocycles. The van der Waals surface area contributed by atoms with Crippen molar-refractivity contribution < 1.29 is 23.5 Å². The van der Waals surface area contributed by atoms with Gasteiger partial charge in [-0.05, 0) is 48.5 Å². The molecule has 0 radical (unpaired) electrons. The normalized spacial score (nSPS) is 10.5. The molecule has 6 nitrogen and oxygen atoms in total. The zero-order valence-corrected chi connectivity index (χ0v) is 15.8. The second kappa shape index (κ2) is 8.45. The maximum atomic E-state index is 12.3. The van der Waals surface area contributed by atoms with Gasteiger partial charge in [0.1, 0.15) is 5.58 Å². The maximum Gasteiger partial charge on any atom is 0.374 e. The molecular formula is C24H17NO5. The molecule has 1 N–H and O–H groups in total. The van der Waals surface area contributed by atoms with Gasteiger partial charge in [-0.3, -0.25) is 9.59 Å². The number of carbonyl (C=O) groups is 3. The molecule has 148 valence electrons. The number of ether oxygens (including phenoxy) is 1. The molecule has 1 heterocycles. The van der Waals surface area contributed by atoms with Gasteiger partial charge in [-0.15, -0.1) is 0 Å². The Hall–Kier alpha value is -4.19. The lowest BCUT2D eigenvalue weighted by Gasteiger charge is -2.07. The molecule has 0 unspecified atom stereocenters. The lowest BCUT2D eigenvalue weighted by Crippen LogP contribution is -2.14. The van der Waals surface area contributed by atoms with Gasteiger partial charge in [0.25, 0.3) is 5.91 Å². The van der Waals surface area contributed by atoms with Crippen molar-refractivity contribution in [3.63, 3.8) is 0 Å². The summed E-state index contributed by atoms with van der Waals surface area (Å²) >= 11 is 0. The molecule has 0 atom stereocenters. The summed E-state index contributed by atoms with van der Waals surface area (Å²) in [6.45, 7) is -0.411. The average Bonchev–Trinajstić information content (AvgIpc) is 3.23. The summed E-state index contributed by atoms with van der Waals surface area (Å²) in [5.41, 5.74) is 2.03. The summed E-state index contributed by atoms with van der Waals surface area (Å²) in [5.74, 6) is -1.26. The van der Waals surface area contributed by atoms with Crippen LogP contribution in [0.4, 0.5) is 5.69 Å². The van der Waals surface area contributed by atoms with Crippen LogP contribution in [0, 0.1) is 0 Å². The minimum atomic E-state index is -0.703. The van der Waals surface area contributed by atoms with E-state index >= 15 is 0 Å². The Kier molecular flexibility index (Phi) is 5.39. The molecule has 4 aromatic rings. The maximum absolute atomic E-state index is 12.3. The number of Topliss-reactive ketones (excluding diaryl/α,β-unsaturated/α-hetero) is 1. The molecule has 0 aliphatic heterocycles. The van der Waals surface area contributed by atoms with Gasteiger partial charge in [0.05, 0.1) is 0 Å². The predicted molar refractivity (Wildman–Crippen MR) is 112 cm³/mol. The topological polar surface area (TPSA) is 85.6 Å². The highest BCUT2D eigenvalue weighted by atomic mass is 16.5. The number of ketones is 1. The van der Waals surface area contributed by atoms with Crippen LogP contribution in [0.5, 0.6) is 0 Å². The van der Waals surface area contributed by atoms with Crippen LogP contribution in [0.2, 0.25) is 0 Å². The number of nitrogens with one attached hydrogen (secondary N) is 1. The van der Waals surface area contributed by atoms with E-state index in [-0.39, 0.29) is 17.5 Å². The first kappa shape index (κ1) is 19.1. The summed E-state index contributed by atoms with van der Waals surface area (Å²) in [4.78, 5) is 36.6. The number of amides is 1. The van der Waals surface area contributed by atoms with E-state index in [0.717, 1.165) is 5.39 Å². The minimum Gasteiger partial charge on any atom is -0.451 e. The Bertz CT molecular complexity index is 1180. The van der Waals surface area contributed by atoms with E-state index in [1.54, 1.807) is 66.7 Å². The van der Waals surface area contributed by atoms with Crippen LogP contribution in [-0.4, -0.2) is 24.3 Å². The molecule has 6 heteroatoms. The number of rotatable bonds is 6. The van der Waals surface area contributed by atoms with Crippen molar-refractivity contribution in [2.24, 2.45) is 0 Å². The number of carbonyl (C=O) groups excluding carboxylic acids is 3. The van der Waals surface area contributed by atoms with Crippen molar-refractivity contribution in [2.75, 3.05) is 11.9 Å². The smallest absolute Gasteiger partial charge is 0.374 e. The number of hydrogen-bond donors (Lipinski definition) is 1. The average molecular weight is 399 g/mol. The molecular weight excluding hydrogens is 382 g/mol. The van der Waals surface area contributed by atoms with Crippen molar-refractivity contribution in [2.45, 2.75) is 0 Å². The number of furan rings is 1. The highest BCUT2D eigenvalue weighted by Crippen LogP contribution is 2.19. The number of anilines is 1. The first-order valence-electron chi connectivity index (χ1n) is 9.25. The number of benzene rings is 3. The molecule has 30 heavy (non-hydrogen) atoms. The van der Waals surface area contributed by atoms with E-state index in [2.05, 4.69) is 5.32 Å². The van der Waals surface area contributed by atoms with E-state index in [1.165, 1.54) is 0 Å². The Morgan fingerprint density at radius 3 is 2.23 bits per heavy atom. The molecule has 3 aromatic carbocycles. The summed E-state index contributed by atoms with van der Waals surface area (Å²) in [6.07, 6.45) is 0. The SMILES string of the molecule is O=C(COC(=O)c1cc2ccccc2o1)c1ccc(NC(=O)c2ccccc2)cc1. The van der Waals surface area contributed by atoms with Gasteiger partial charge >= 0.3 is 5.97 Å². The van der Waals surface area contributed by atoms with Gasteiger partial charge in [-0.25, -0.2) is 4.79 Å². The van der Waals surface area contributed by atoms with Crippen LogP contribution >= 0.6 is 0 Å². The number of esters is 1. The molecule has 0 aliphatic carbocycles. The first-order chi connectivity index (χ1) is 14.6. The molecule has 0 fully saturated rings. The number of para-hydroxylation sites is 1. The Labute approximate surface area is 172 Å². The summed E-state index contributed by atoms with van der Waals surface area (Å²) in [5, 5.41) is 3.54. The fourth-order valence-corrected chi connectivity index (χ4v) is 2.90. The monoisotopic (exact) mass is 399 g/mol. The Morgan fingerprint density at radius 2 is 1.50 bits per heavy atom. The fourth-order valence-electron chi connectivity index (χ4n) is 2.90. The highest BCUT2D eigenvalue weighted by Gasteiger charge is 2.16. The van der Waals surface area contributed by atoms with Crippen LogP contribution in [-0.2, 0) is 4.74 Å². The quantitative estimate of drug-likeness (QED) is 0.374. The van der Waals surface area contributed by atoms with Gasteiger partial charge in [0.2, 0.25) is 5.76 Å². The van der Waals surface area contributed by atoms with Crippen LogP contribution in [0.1, 0.15) is 31.3 Å². The van der Waals surface area contributed by atoms with Crippen molar-refractivity contribution in [3.8, 4) is 0 Å². The molecule has 0 spiro atoms. The standard InChI is InChI=1S/C24H17NO5/c26-20(15-29-24(28)22-14-18-8-4-5-9-21(18)30-22)16-10-12-19(13-11-16)25-23(27)17-6-2-1-3-7-17/h1-14H,15H2,(H,25,27). The third-order valence-electron chi connectivity index (χ3n) is 4.46. The third kappa shape index (κ3) is 4.28. The largest absolute Gasteiger partial charge is 0.451 e. The lowest BCUT2D eigenvalue weighted by molar-refractivity contribution is 0.0446. The van der Waals surface area contributed by atoms with Crippen LogP contribution < -0.4 is 5.32 Å². The van der Waals surface area contributed by atoms with E-state index in [0.29, 0.717) is 22.4 Å². The highest BCUT2D eigenvalue weighted by molar-refractivity contribution is 6.05. The lowest BCUT2D eigenvalue weighted by atomic mass is 10.1. The minimum absolute atomic E-state index is 0.0444. The van der Waals surface area contributed by atoms with Gasteiger partial charge in [-0.2, -0.15) is 0 Å². The number of hydrogen-bond acceptors (Lipinski definition) is 5. The van der Waals surface area contributed by atoms with Gasteiger partial charge in [0.15, 0.2) is 12.4 Å². The first-order valence-corrected chi connectivity index (χ1v) is 9.25. The second-order valence-electron chi connectivity index (χ2n) is 6.55. The predicted octanol–water partition coefficient (Wildman–Crippen LogP) is 4.72. The van der Waals surface area contributed by atoms with Crippen molar-refractivity contribution >= 4 is 34.3 Å². The van der Waals surface area contributed by atoms with Crippen LogP contribution in [0.15, 0.2) is 89.3 Å². The molecule has 0 saturated heterocycles. The Morgan fingerprint density at radius 1 is 0.800 bits per heavy atom. The van der Waals surface area contributed by atoms with Gasteiger partial charge < -0.3 is 14.5 Å². The molecule has 1 amide bonds. The van der Waals surface area contributed by atoms with E-state index in [4.69, 9.17) is 9.15 Å². The van der Waals surface area contributed by atoms with E-state index < -0.39 is 12.6 Å². The zero-order valence-electron chi connectivity index (χ0n) is 15.8. The van der Waals surface area contributed by atoms with Gasteiger partial charge in [-0.1, -0.05) is 36.4 Å². The third-order valence-corrected chi connectivity index (χ3v) is 4.46. The van der Waals surface area contributed by atoms with Crippen LogP contribution in [0.3, 0.4) is 0 Å². The second-order valence-corrected chi connectivity index (χ2v) is 6.55. The Balaban J connectivity index is 1.34. The molecule has 0 aliphatic rings. The molecule has 0 saturated carbocycles. The van der Waals surface area contributed by atoms with Gasteiger partial charge in [0, 0.05) is 22.2 Å². The van der Waals surface area contributed by atoms with Crippen LogP contribution in [0.25, 0.3) is 11.0 Å².